The van der Waals surface area contributed by atoms with Gasteiger partial charge in [0, 0.05) is 45.1 Å². The third-order valence-corrected chi connectivity index (χ3v) is 5.57. The second kappa shape index (κ2) is 8.71. The maximum absolute atomic E-state index is 5.61. The van der Waals surface area contributed by atoms with Crippen molar-refractivity contribution >= 4 is 5.95 Å². The van der Waals surface area contributed by atoms with Crippen LogP contribution in [0.1, 0.15) is 28.3 Å². The Hall–Kier alpha value is -3.12. The number of ether oxygens (including phenoxy) is 2. The van der Waals surface area contributed by atoms with E-state index in [0.717, 1.165) is 42.5 Å². The lowest BCUT2D eigenvalue weighted by Gasteiger charge is -2.38. The summed E-state index contributed by atoms with van der Waals surface area (Å²) in [5, 5.41) is 0. The zero-order valence-corrected chi connectivity index (χ0v) is 18.0. The van der Waals surface area contributed by atoms with Gasteiger partial charge in [0.25, 0.3) is 0 Å². The second-order valence-electron chi connectivity index (χ2n) is 7.73. The fraction of sp³-hybridized carbons (Fsp3) is 0.333. The third-order valence-electron chi connectivity index (χ3n) is 5.57. The lowest BCUT2D eigenvalue weighted by Crippen LogP contribution is -2.35. The molecule has 0 saturated carbocycles. The van der Waals surface area contributed by atoms with E-state index in [1.54, 1.807) is 14.2 Å². The molecule has 0 amide bonds. The Kier molecular flexibility index (Phi) is 5.86. The van der Waals surface area contributed by atoms with Crippen molar-refractivity contribution in [3.05, 3.63) is 77.1 Å². The van der Waals surface area contributed by atoms with Crippen LogP contribution in [0.15, 0.2) is 54.9 Å². The Labute approximate surface area is 178 Å². The monoisotopic (exact) mass is 404 g/mol. The topological polar surface area (TPSA) is 50.7 Å². The number of benzene rings is 2. The van der Waals surface area contributed by atoms with Crippen LogP contribution in [0.25, 0.3) is 0 Å². The first-order chi connectivity index (χ1) is 14.6. The van der Waals surface area contributed by atoms with Gasteiger partial charge in [0.1, 0.15) is 0 Å². The molecule has 4 rings (SSSR count). The third kappa shape index (κ3) is 3.96. The van der Waals surface area contributed by atoms with E-state index in [0.29, 0.717) is 0 Å². The van der Waals surface area contributed by atoms with Crippen molar-refractivity contribution in [1.29, 1.82) is 0 Å². The Morgan fingerprint density at radius 1 is 1.00 bits per heavy atom. The Balaban J connectivity index is 1.72. The molecule has 1 atom stereocenters. The summed E-state index contributed by atoms with van der Waals surface area (Å²) in [5.74, 6) is 2.26. The molecule has 0 spiro atoms. The van der Waals surface area contributed by atoms with E-state index in [4.69, 9.17) is 9.47 Å². The van der Waals surface area contributed by atoms with E-state index >= 15 is 0 Å². The summed E-state index contributed by atoms with van der Waals surface area (Å²) in [6, 6.07) is 15.0. The molecule has 0 aliphatic carbocycles. The number of rotatable bonds is 6. The highest BCUT2D eigenvalue weighted by molar-refractivity contribution is 5.51. The number of hydrogen-bond acceptors (Lipinski definition) is 6. The lowest BCUT2D eigenvalue weighted by molar-refractivity contribution is 0.203. The quantitative estimate of drug-likeness (QED) is 0.624. The molecule has 0 fully saturated rings. The molecule has 3 aromatic rings. The number of methoxy groups -OCH3 is 2. The molecular weight excluding hydrogens is 376 g/mol. The van der Waals surface area contributed by atoms with Gasteiger partial charge in [-0.3, -0.25) is 4.90 Å². The second-order valence-corrected chi connectivity index (χ2v) is 7.73. The zero-order valence-electron chi connectivity index (χ0n) is 18.0. The molecule has 0 radical (unpaired) electrons. The zero-order chi connectivity index (χ0) is 21.1. The van der Waals surface area contributed by atoms with Gasteiger partial charge < -0.3 is 14.4 Å². The molecule has 0 unspecified atom stereocenters. The van der Waals surface area contributed by atoms with Crippen molar-refractivity contribution in [2.75, 3.05) is 39.8 Å². The molecule has 2 heterocycles. The predicted octanol–water partition coefficient (Wildman–Crippen LogP) is 3.71. The van der Waals surface area contributed by atoms with Gasteiger partial charge in [0.05, 0.1) is 20.3 Å². The number of fused-ring (bicyclic) bond motifs is 1. The molecule has 30 heavy (non-hydrogen) atoms. The average molecular weight is 405 g/mol. The number of aromatic nitrogens is 2. The van der Waals surface area contributed by atoms with Crippen molar-refractivity contribution in [1.82, 2.24) is 14.9 Å². The molecule has 0 saturated heterocycles. The predicted molar refractivity (Wildman–Crippen MR) is 118 cm³/mol. The maximum atomic E-state index is 5.61. The van der Waals surface area contributed by atoms with Gasteiger partial charge in [-0.05, 0) is 35.2 Å². The Morgan fingerprint density at radius 2 is 1.67 bits per heavy atom. The molecule has 6 nitrogen and oxygen atoms in total. The normalized spacial score (nSPS) is 16.1. The summed E-state index contributed by atoms with van der Waals surface area (Å²) in [6.07, 6.45) is 4.80. The number of nitrogens with zero attached hydrogens (tertiary/aromatic N) is 4. The van der Waals surface area contributed by atoms with Gasteiger partial charge >= 0.3 is 0 Å². The van der Waals surface area contributed by atoms with E-state index in [-0.39, 0.29) is 6.04 Å². The molecule has 0 bridgehead atoms. The van der Waals surface area contributed by atoms with E-state index in [9.17, 15) is 0 Å². The van der Waals surface area contributed by atoms with E-state index in [1.807, 2.05) is 31.4 Å². The minimum Gasteiger partial charge on any atom is -0.493 e. The van der Waals surface area contributed by atoms with Crippen molar-refractivity contribution in [2.24, 2.45) is 0 Å². The highest BCUT2D eigenvalue weighted by Crippen LogP contribution is 2.41. The summed E-state index contributed by atoms with van der Waals surface area (Å²) in [4.78, 5) is 13.4. The van der Waals surface area contributed by atoms with Crippen LogP contribution in [0, 0.1) is 0 Å². The SMILES string of the molecule is COc1cc2c(cc1OC)[C@H](c1ccccc1)N(Cc1cnc(N(C)C)nc1)CC2. The summed E-state index contributed by atoms with van der Waals surface area (Å²) in [6.45, 7) is 1.72. The van der Waals surface area contributed by atoms with Crippen LogP contribution >= 0.6 is 0 Å². The molecule has 1 aromatic heterocycles. The minimum atomic E-state index is 0.128. The lowest BCUT2D eigenvalue weighted by atomic mass is 9.87. The number of anilines is 1. The van der Waals surface area contributed by atoms with Gasteiger partial charge in [-0.1, -0.05) is 30.3 Å². The summed E-state index contributed by atoms with van der Waals surface area (Å²) >= 11 is 0. The van der Waals surface area contributed by atoms with Crippen molar-refractivity contribution in [2.45, 2.75) is 19.0 Å². The fourth-order valence-electron chi connectivity index (χ4n) is 4.09. The Bertz CT molecular complexity index is 990. The van der Waals surface area contributed by atoms with Gasteiger partial charge in [-0.2, -0.15) is 0 Å². The van der Waals surface area contributed by atoms with Crippen LogP contribution < -0.4 is 14.4 Å². The van der Waals surface area contributed by atoms with Crippen LogP contribution in [-0.4, -0.2) is 49.7 Å². The molecule has 0 N–H and O–H groups in total. The van der Waals surface area contributed by atoms with Gasteiger partial charge in [0.2, 0.25) is 5.95 Å². The molecule has 2 aromatic carbocycles. The van der Waals surface area contributed by atoms with Gasteiger partial charge in [-0.25, -0.2) is 9.97 Å². The van der Waals surface area contributed by atoms with E-state index < -0.39 is 0 Å². The van der Waals surface area contributed by atoms with Crippen LogP contribution in [0.3, 0.4) is 0 Å². The molecular formula is C24H28N4O2. The van der Waals surface area contributed by atoms with Crippen LogP contribution in [-0.2, 0) is 13.0 Å². The first kappa shape index (κ1) is 20.2. The first-order valence-corrected chi connectivity index (χ1v) is 10.1. The van der Waals surface area contributed by atoms with Crippen molar-refractivity contribution in [3.8, 4) is 11.5 Å². The molecule has 156 valence electrons. The largest absolute Gasteiger partial charge is 0.493 e. The highest BCUT2D eigenvalue weighted by atomic mass is 16.5. The smallest absolute Gasteiger partial charge is 0.224 e. The first-order valence-electron chi connectivity index (χ1n) is 10.1. The van der Waals surface area contributed by atoms with Crippen molar-refractivity contribution in [3.63, 3.8) is 0 Å². The number of hydrogen-bond donors (Lipinski definition) is 0. The van der Waals surface area contributed by atoms with Crippen LogP contribution in [0.4, 0.5) is 5.95 Å². The molecule has 6 heteroatoms. The van der Waals surface area contributed by atoms with Gasteiger partial charge in [0.15, 0.2) is 11.5 Å². The summed E-state index contributed by atoms with van der Waals surface area (Å²) < 4.78 is 11.1. The fourth-order valence-corrected chi connectivity index (χ4v) is 4.09. The van der Waals surface area contributed by atoms with E-state index in [1.165, 1.54) is 16.7 Å². The van der Waals surface area contributed by atoms with Crippen LogP contribution in [0.5, 0.6) is 11.5 Å². The summed E-state index contributed by atoms with van der Waals surface area (Å²) in [5.41, 5.74) is 4.93. The molecule has 1 aliphatic rings. The van der Waals surface area contributed by atoms with Crippen LogP contribution in [0.2, 0.25) is 0 Å². The average Bonchev–Trinajstić information content (AvgIpc) is 2.79. The maximum Gasteiger partial charge on any atom is 0.224 e. The summed E-state index contributed by atoms with van der Waals surface area (Å²) in [7, 11) is 7.27. The minimum absolute atomic E-state index is 0.128. The highest BCUT2D eigenvalue weighted by Gasteiger charge is 2.30. The Morgan fingerprint density at radius 3 is 2.30 bits per heavy atom. The van der Waals surface area contributed by atoms with Crippen molar-refractivity contribution < 1.29 is 9.47 Å². The van der Waals surface area contributed by atoms with E-state index in [2.05, 4.69) is 57.3 Å². The van der Waals surface area contributed by atoms with Gasteiger partial charge in [-0.15, -0.1) is 0 Å². The standard InChI is InChI=1S/C24H28N4O2/c1-27(2)24-25-14-17(15-26-24)16-28-11-10-19-12-21(29-3)22(30-4)13-20(19)23(28)18-8-6-5-7-9-18/h5-9,12-15,23H,10-11,16H2,1-4H3/t23-/m0/s1. The molecule has 1 aliphatic heterocycles.